The van der Waals surface area contributed by atoms with Crippen LogP contribution in [0.5, 0.6) is 0 Å². The molecule has 4 aromatic rings. The van der Waals surface area contributed by atoms with Crippen LogP contribution < -0.4 is 0 Å². The van der Waals surface area contributed by atoms with Gasteiger partial charge in [-0.05, 0) is 447 Å². The van der Waals surface area contributed by atoms with Crippen molar-refractivity contribution < 1.29 is 40.6 Å². The maximum absolute atomic E-state index is 14.2. The summed E-state index contributed by atoms with van der Waals surface area (Å²) in [5, 5.41) is 0. The van der Waals surface area contributed by atoms with Gasteiger partial charge in [-0.15, -0.1) is 6.58 Å². The SMILES string of the molecule is C=CC1CCC(C2CCC(C)CC2)CC1.CC1CCC(C2CCC(C)CC2)CC1.CC1CCC(OC(=O)C2CCC(C3CCC(C)CC3)CC2)CC1.COC1CCC(C2CCC(c3ccc(C)c(F)c3F)CC2)CC1.Cc1ccc(C2CCC(C)CC2)c(F)c1F.Cc1ccc(C2CCC(C)CC2)cc1.Cc1ccc(C2CCC(C3CCC(C)CC3)CC2)c(F)c1F. The highest BCUT2D eigenvalue weighted by atomic mass is 19.2. The summed E-state index contributed by atoms with van der Waals surface area (Å²) in [6, 6.07) is 19.6. The highest BCUT2D eigenvalue weighted by molar-refractivity contribution is 5.72. The van der Waals surface area contributed by atoms with Crippen LogP contribution in [0.2, 0.25) is 0 Å². The van der Waals surface area contributed by atoms with E-state index in [1.165, 1.54) is 224 Å². The topological polar surface area (TPSA) is 35.5 Å². The van der Waals surface area contributed by atoms with Gasteiger partial charge in [-0.25, -0.2) is 26.3 Å². The lowest BCUT2D eigenvalue weighted by molar-refractivity contribution is -0.157. The number of halogens is 6. The Labute approximate surface area is 773 Å². The predicted octanol–water partition coefficient (Wildman–Crippen LogP) is 36.2. The molecule has 13 aliphatic rings. The first-order chi connectivity index (χ1) is 61.2. The molecule has 127 heavy (non-hydrogen) atoms. The van der Waals surface area contributed by atoms with Crippen molar-refractivity contribution in [3.05, 3.63) is 153 Å². The van der Waals surface area contributed by atoms with Crippen LogP contribution in [0.4, 0.5) is 26.3 Å². The lowest BCUT2D eigenvalue weighted by Crippen LogP contribution is -2.31. The van der Waals surface area contributed by atoms with Crippen molar-refractivity contribution in [3.63, 3.8) is 0 Å². The summed E-state index contributed by atoms with van der Waals surface area (Å²) >= 11 is 0. The van der Waals surface area contributed by atoms with Gasteiger partial charge < -0.3 is 9.47 Å². The average Bonchev–Trinajstić information content (AvgIpc) is 0.814. The first kappa shape index (κ1) is 103. The Morgan fingerprint density at radius 3 is 0.764 bits per heavy atom. The number of hydrogen-bond donors (Lipinski definition) is 0. The molecule has 714 valence electrons. The zero-order chi connectivity index (χ0) is 90.6. The molecule has 13 saturated carbocycles. The zero-order valence-electron chi connectivity index (χ0n) is 82.8. The van der Waals surface area contributed by atoms with E-state index in [0.717, 1.165) is 208 Å². The number of hydrogen-bond acceptors (Lipinski definition) is 3. The molecule has 0 unspecified atom stereocenters. The monoisotopic (exact) mass is 1760 g/mol. The fourth-order valence-electron chi connectivity index (χ4n) is 26.6. The van der Waals surface area contributed by atoms with Crippen LogP contribution in [0, 0.1) is 181 Å². The molecule has 13 fully saturated rings. The first-order valence-corrected chi connectivity index (χ1v) is 53.9. The summed E-state index contributed by atoms with van der Waals surface area (Å²) < 4.78 is 94.4. The predicted molar refractivity (Wildman–Crippen MR) is 522 cm³/mol. The molecule has 0 atom stereocenters. The van der Waals surface area contributed by atoms with Gasteiger partial charge in [-0.3, -0.25) is 4.79 Å². The van der Waals surface area contributed by atoms with Crippen molar-refractivity contribution in [1.82, 2.24) is 0 Å². The molecule has 0 aliphatic heterocycles. The van der Waals surface area contributed by atoms with Gasteiger partial charge in [0.25, 0.3) is 0 Å². The Morgan fingerprint density at radius 1 is 0.268 bits per heavy atom. The van der Waals surface area contributed by atoms with Crippen molar-refractivity contribution in [2.24, 2.45) is 118 Å². The highest BCUT2D eigenvalue weighted by Crippen LogP contribution is 2.50. The van der Waals surface area contributed by atoms with E-state index in [4.69, 9.17) is 9.47 Å². The molecule has 13 aliphatic carbocycles. The van der Waals surface area contributed by atoms with Gasteiger partial charge in [0, 0.05) is 7.11 Å². The minimum atomic E-state index is -0.670. The van der Waals surface area contributed by atoms with Crippen LogP contribution in [0.25, 0.3) is 0 Å². The van der Waals surface area contributed by atoms with Gasteiger partial charge in [0.15, 0.2) is 34.9 Å². The zero-order valence-corrected chi connectivity index (χ0v) is 82.8. The van der Waals surface area contributed by atoms with E-state index < -0.39 is 34.9 Å². The van der Waals surface area contributed by atoms with E-state index in [-0.39, 0.29) is 35.7 Å². The number of allylic oxidation sites excluding steroid dienone is 1. The molecule has 0 radical (unpaired) electrons. The van der Waals surface area contributed by atoms with Gasteiger partial charge in [0.2, 0.25) is 0 Å². The van der Waals surface area contributed by atoms with Crippen molar-refractivity contribution in [1.29, 1.82) is 0 Å². The lowest BCUT2D eigenvalue weighted by atomic mass is 9.68. The Balaban J connectivity index is 0.000000145. The van der Waals surface area contributed by atoms with Gasteiger partial charge in [0.1, 0.15) is 6.10 Å². The van der Waals surface area contributed by atoms with Crippen LogP contribution in [-0.2, 0) is 14.3 Å². The number of ether oxygens (including phenoxy) is 2. The van der Waals surface area contributed by atoms with E-state index in [9.17, 15) is 31.1 Å². The fraction of sp³-hybridized carbons (Fsp3) is 0.771. The van der Waals surface area contributed by atoms with E-state index in [1.54, 1.807) is 88.4 Å². The third-order valence-electron chi connectivity index (χ3n) is 36.5. The quantitative estimate of drug-likeness (QED) is 0.0760. The molecule has 0 amide bonds. The molecule has 0 bridgehead atoms. The lowest BCUT2D eigenvalue weighted by Gasteiger charge is -2.37. The van der Waals surface area contributed by atoms with Crippen LogP contribution in [-0.4, -0.2) is 25.3 Å². The molecule has 3 nitrogen and oxygen atoms in total. The largest absolute Gasteiger partial charge is 0.462 e. The molecule has 17 rings (SSSR count). The van der Waals surface area contributed by atoms with Crippen molar-refractivity contribution in [2.75, 3.05) is 7.11 Å². The molecule has 0 spiro atoms. The number of esters is 1. The Bertz CT molecular complexity index is 3740. The fourth-order valence-corrected chi connectivity index (χ4v) is 26.6. The highest BCUT2D eigenvalue weighted by Gasteiger charge is 2.39. The molecule has 4 aromatic carbocycles. The normalized spacial score (nSPS) is 35.4. The second-order valence-corrected chi connectivity index (χ2v) is 46.1. The minimum Gasteiger partial charge on any atom is -0.462 e. The van der Waals surface area contributed by atoms with Gasteiger partial charge in [0.05, 0.1) is 12.0 Å². The van der Waals surface area contributed by atoms with Crippen molar-refractivity contribution in [2.45, 2.75) is 453 Å². The van der Waals surface area contributed by atoms with E-state index in [1.807, 2.05) is 7.11 Å². The molecule has 9 heteroatoms. The number of rotatable bonds is 13. The maximum atomic E-state index is 14.2. The second-order valence-electron chi connectivity index (χ2n) is 46.1. The summed E-state index contributed by atoms with van der Waals surface area (Å²) in [5.41, 5.74) is 5.91. The minimum absolute atomic E-state index is 0.125. The third kappa shape index (κ3) is 31.6. The number of carbonyl (C=O) groups is 1. The van der Waals surface area contributed by atoms with Gasteiger partial charge >= 0.3 is 5.97 Å². The van der Waals surface area contributed by atoms with Crippen molar-refractivity contribution in [3.8, 4) is 0 Å². The molecular weight excluding hydrogens is 1580 g/mol. The van der Waals surface area contributed by atoms with E-state index in [2.05, 4.69) is 99.2 Å². The van der Waals surface area contributed by atoms with E-state index in [0.29, 0.717) is 39.5 Å². The average molecular weight is 1760 g/mol. The number of methoxy groups -OCH3 is 1. The summed E-state index contributed by atoms with van der Waals surface area (Å²) in [6.07, 6.45) is 70.9. The van der Waals surface area contributed by atoms with Crippen LogP contribution in [0.3, 0.4) is 0 Å². The molecule has 0 heterocycles. The maximum Gasteiger partial charge on any atom is 0.309 e. The molecular formula is C118H182F6O3. The summed E-state index contributed by atoms with van der Waals surface area (Å²) in [4.78, 5) is 12.5. The van der Waals surface area contributed by atoms with E-state index >= 15 is 0 Å². The Kier molecular flexibility index (Phi) is 42.6. The standard InChI is InChI=1S/C21H36O2.C20H28F2O.C20H28F2.C15H26.C14H18F2.C14H26.C14H20/c1-15-3-7-17(8-4-15)18-9-11-19(12-10-18)21(22)23-20-13-5-16(2)6-14-20;1-13-3-12-18(20(22)19(13)21)16-6-4-14(5-7-16)15-8-10-17(23-2)11-9-15;1-13-3-6-15(7-4-13)16-8-10-17(11-9-16)18-12-5-14(2)19(21)20(18)22;1-3-13-6-10-15(11-7-13)14-8-4-12(2)5-9-14;1-9-3-6-11(7-4-9)12-8-5-10(2)13(15)14(12)16;2*1-11-3-7-13(8-4-11)14-9-5-12(2)6-10-14/h15-20H,3-14H2,1-2H3;3,12,14-17H,4-11H2,1-2H3;5,12-13,15-17H,3-4,6-11H2,1-2H3;3,12-15H,1,4-11H2,2H3;5,8-9,11H,3-4,6-7H2,1-2H3;11-14H,3-10H2,1-2H3;3-4,7-8,12,14H,5-6,9-10H2,1-2H3. The smallest absolute Gasteiger partial charge is 0.309 e. The number of aryl methyl sites for hydroxylation is 4. The van der Waals surface area contributed by atoms with Crippen LogP contribution >= 0.6 is 0 Å². The second kappa shape index (κ2) is 52.5. The van der Waals surface area contributed by atoms with Crippen LogP contribution in [0.1, 0.15) is 457 Å². The van der Waals surface area contributed by atoms with Crippen molar-refractivity contribution >= 4 is 5.97 Å². The van der Waals surface area contributed by atoms with Crippen LogP contribution in [0.15, 0.2) is 73.3 Å². The summed E-state index contributed by atoms with van der Waals surface area (Å²) in [7, 11) is 1.81. The summed E-state index contributed by atoms with van der Waals surface area (Å²) in [5.74, 6) is 15.7. The van der Waals surface area contributed by atoms with Gasteiger partial charge in [-0.1, -0.05) is 218 Å². The molecule has 0 aromatic heterocycles. The number of benzene rings is 4. The van der Waals surface area contributed by atoms with Gasteiger partial charge in [-0.2, -0.15) is 0 Å². The Hall–Kier alpha value is -4.37. The first-order valence-electron chi connectivity index (χ1n) is 53.9. The molecule has 0 saturated heterocycles. The number of carbonyl (C=O) groups excluding carboxylic acids is 1. The Morgan fingerprint density at radius 2 is 0.488 bits per heavy atom. The third-order valence-corrected chi connectivity index (χ3v) is 36.5. The molecule has 0 N–H and O–H groups in total. The summed E-state index contributed by atoms with van der Waals surface area (Å²) in [6.45, 7) is 29.9.